The van der Waals surface area contributed by atoms with Gasteiger partial charge in [-0.25, -0.2) is 4.98 Å². The van der Waals surface area contributed by atoms with E-state index in [0.717, 1.165) is 17.0 Å². The van der Waals surface area contributed by atoms with Gasteiger partial charge in [-0.1, -0.05) is 54.6 Å². The van der Waals surface area contributed by atoms with Crippen molar-refractivity contribution in [1.29, 1.82) is 0 Å². The molecule has 2 N–H and O–H groups in total. The zero-order chi connectivity index (χ0) is 16.4. The molecule has 4 heteroatoms. The van der Waals surface area contributed by atoms with Gasteiger partial charge in [-0.15, -0.1) is 11.3 Å². The molecule has 3 nitrogen and oxygen atoms in total. The summed E-state index contributed by atoms with van der Waals surface area (Å²) in [5, 5.41) is 4.96. The molecule has 0 radical (unpaired) electrons. The summed E-state index contributed by atoms with van der Waals surface area (Å²) in [7, 11) is 0. The van der Waals surface area contributed by atoms with Crippen LogP contribution in [-0.4, -0.2) is 4.98 Å². The first kappa shape index (κ1) is 14.7. The molecule has 0 aliphatic carbocycles. The van der Waals surface area contributed by atoms with Gasteiger partial charge in [0.1, 0.15) is 12.4 Å². The lowest BCUT2D eigenvalue weighted by molar-refractivity contribution is 0.309. The smallest absolute Gasteiger partial charge is 0.180 e. The van der Waals surface area contributed by atoms with E-state index in [1.54, 1.807) is 0 Å². The zero-order valence-corrected chi connectivity index (χ0v) is 13.8. The molecule has 0 bridgehead atoms. The molecular formula is C20H16N2OS. The van der Waals surface area contributed by atoms with Gasteiger partial charge >= 0.3 is 0 Å². The highest BCUT2D eigenvalue weighted by atomic mass is 32.1. The second-order valence-electron chi connectivity index (χ2n) is 5.49. The Labute approximate surface area is 144 Å². The van der Waals surface area contributed by atoms with Gasteiger partial charge in [-0.2, -0.15) is 0 Å². The van der Waals surface area contributed by atoms with E-state index in [9.17, 15) is 0 Å². The average molecular weight is 332 g/mol. The van der Waals surface area contributed by atoms with Crippen LogP contribution in [0.25, 0.3) is 22.0 Å². The van der Waals surface area contributed by atoms with E-state index in [2.05, 4.69) is 47.4 Å². The molecular weight excluding hydrogens is 316 g/mol. The molecule has 118 valence electrons. The minimum absolute atomic E-state index is 0.512. The van der Waals surface area contributed by atoms with Crippen molar-refractivity contribution in [3.63, 3.8) is 0 Å². The van der Waals surface area contributed by atoms with Gasteiger partial charge in [0.05, 0.1) is 5.69 Å². The van der Waals surface area contributed by atoms with Gasteiger partial charge < -0.3 is 10.5 Å². The van der Waals surface area contributed by atoms with E-state index >= 15 is 0 Å². The molecule has 1 aromatic heterocycles. The van der Waals surface area contributed by atoms with Crippen LogP contribution in [-0.2, 0) is 6.61 Å². The molecule has 4 rings (SSSR count). The number of nitrogens with zero attached hydrogens (tertiary/aromatic N) is 1. The molecule has 0 aliphatic heterocycles. The second-order valence-corrected chi connectivity index (χ2v) is 6.38. The van der Waals surface area contributed by atoms with Crippen LogP contribution in [0.3, 0.4) is 0 Å². The van der Waals surface area contributed by atoms with Gasteiger partial charge in [-0.05, 0) is 28.5 Å². The van der Waals surface area contributed by atoms with Crippen LogP contribution in [0.15, 0.2) is 72.1 Å². The van der Waals surface area contributed by atoms with Crippen LogP contribution in [0.1, 0.15) is 5.56 Å². The van der Waals surface area contributed by atoms with Crippen molar-refractivity contribution >= 4 is 27.2 Å². The third kappa shape index (κ3) is 2.84. The molecule has 4 aromatic rings. The largest absolute Gasteiger partial charge is 0.488 e. The number of nitrogen functional groups attached to an aromatic ring is 1. The van der Waals surface area contributed by atoms with Crippen LogP contribution < -0.4 is 10.5 Å². The molecule has 0 aliphatic rings. The first-order chi connectivity index (χ1) is 11.8. The molecule has 0 saturated heterocycles. The first-order valence-corrected chi connectivity index (χ1v) is 8.59. The second kappa shape index (κ2) is 6.34. The van der Waals surface area contributed by atoms with E-state index < -0.39 is 0 Å². The highest BCUT2D eigenvalue weighted by Gasteiger charge is 2.10. The van der Waals surface area contributed by atoms with Gasteiger partial charge in [-0.3, -0.25) is 0 Å². The SMILES string of the molecule is Nc1nc(-c2ccccc2OCc2cccc3ccccc23)cs1. The molecule has 0 saturated carbocycles. The number of benzene rings is 3. The van der Waals surface area contributed by atoms with Crippen molar-refractivity contribution in [2.45, 2.75) is 6.61 Å². The van der Waals surface area contributed by atoms with E-state index in [0.29, 0.717) is 11.7 Å². The number of fused-ring (bicyclic) bond motifs is 1. The van der Waals surface area contributed by atoms with Crippen LogP contribution in [0.4, 0.5) is 5.13 Å². The predicted octanol–water partition coefficient (Wildman–Crippen LogP) is 5.12. The highest BCUT2D eigenvalue weighted by molar-refractivity contribution is 7.13. The number of nitrogens with two attached hydrogens (primary N) is 1. The van der Waals surface area contributed by atoms with Gasteiger partial charge in [0.15, 0.2) is 5.13 Å². The fraction of sp³-hybridized carbons (Fsp3) is 0.0500. The zero-order valence-electron chi connectivity index (χ0n) is 13.0. The Morgan fingerprint density at radius 2 is 1.71 bits per heavy atom. The number of para-hydroxylation sites is 1. The van der Waals surface area contributed by atoms with E-state index in [-0.39, 0.29) is 0 Å². The Bertz CT molecular complexity index is 988. The summed E-state index contributed by atoms with van der Waals surface area (Å²) in [5.41, 5.74) is 8.74. The Hall–Kier alpha value is -2.85. The maximum Gasteiger partial charge on any atom is 0.180 e. The van der Waals surface area contributed by atoms with E-state index in [4.69, 9.17) is 10.5 Å². The summed E-state index contributed by atoms with van der Waals surface area (Å²) in [5.74, 6) is 0.815. The minimum atomic E-state index is 0.512. The van der Waals surface area contributed by atoms with E-state index in [1.807, 2.05) is 29.6 Å². The quantitative estimate of drug-likeness (QED) is 0.564. The maximum absolute atomic E-state index is 6.12. The standard InChI is InChI=1S/C20H16N2OS/c21-20-22-18(13-24-20)17-10-3-4-11-19(17)23-12-15-8-5-7-14-6-1-2-9-16(14)15/h1-11,13H,12H2,(H2,21,22). The van der Waals surface area contributed by atoms with Crippen LogP contribution in [0.5, 0.6) is 5.75 Å². The number of hydrogen-bond donors (Lipinski definition) is 1. The first-order valence-electron chi connectivity index (χ1n) is 7.71. The molecule has 24 heavy (non-hydrogen) atoms. The molecule has 0 spiro atoms. The number of aromatic nitrogens is 1. The van der Waals surface area contributed by atoms with Crippen molar-refractivity contribution in [2.24, 2.45) is 0 Å². The molecule has 0 unspecified atom stereocenters. The number of hydrogen-bond acceptors (Lipinski definition) is 4. The summed E-state index contributed by atoms with van der Waals surface area (Å²) in [6.45, 7) is 0.512. The predicted molar refractivity (Wildman–Crippen MR) is 100 cm³/mol. The third-order valence-corrected chi connectivity index (χ3v) is 4.62. The molecule has 0 fully saturated rings. The lowest BCUT2D eigenvalue weighted by Gasteiger charge is -2.12. The number of ether oxygens (including phenoxy) is 1. The summed E-state index contributed by atoms with van der Waals surface area (Å²) < 4.78 is 6.12. The number of rotatable bonds is 4. The highest BCUT2D eigenvalue weighted by Crippen LogP contribution is 2.32. The van der Waals surface area contributed by atoms with Crippen molar-refractivity contribution in [3.8, 4) is 17.0 Å². The normalized spacial score (nSPS) is 10.8. The number of anilines is 1. The van der Waals surface area contributed by atoms with Crippen LogP contribution >= 0.6 is 11.3 Å². The minimum Gasteiger partial charge on any atom is -0.488 e. The lowest BCUT2D eigenvalue weighted by Crippen LogP contribution is -1.98. The van der Waals surface area contributed by atoms with Crippen LogP contribution in [0.2, 0.25) is 0 Å². The average Bonchev–Trinajstić information content (AvgIpc) is 3.06. The topological polar surface area (TPSA) is 48.1 Å². The van der Waals surface area contributed by atoms with Crippen molar-refractivity contribution < 1.29 is 4.74 Å². The summed E-state index contributed by atoms with van der Waals surface area (Å²) in [6.07, 6.45) is 0. The Morgan fingerprint density at radius 3 is 2.58 bits per heavy atom. The maximum atomic E-state index is 6.12. The van der Waals surface area contributed by atoms with Crippen molar-refractivity contribution in [1.82, 2.24) is 4.98 Å². The summed E-state index contributed by atoms with van der Waals surface area (Å²) in [4.78, 5) is 4.36. The third-order valence-electron chi connectivity index (χ3n) is 3.95. The molecule has 0 atom stereocenters. The van der Waals surface area contributed by atoms with Crippen LogP contribution in [0, 0.1) is 0 Å². The molecule has 1 heterocycles. The van der Waals surface area contributed by atoms with Crippen molar-refractivity contribution in [2.75, 3.05) is 5.73 Å². The fourth-order valence-corrected chi connectivity index (χ4v) is 3.35. The Balaban J connectivity index is 1.65. The fourth-order valence-electron chi connectivity index (χ4n) is 2.79. The van der Waals surface area contributed by atoms with Gasteiger partial charge in [0, 0.05) is 10.9 Å². The van der Waals surface area contributed by atoms with Crippen molar-refractivity contribution in [3.05, 3.63) is 77.7 Å². The molecule has 0 amide bonds. The number of thiazole rings is 1. The van der Waals surface area contributed by atoms with E-state index in [1.165, 1.54) is 27.7 Å². The van der Waals surface area contributed by atoms with Gasteiger partial charge in [0.25, 0.3) is 0 Å². The molecule has 3 aromatic carbocycles. The Kier molecular flexibility index (Phi) is 3.89. The van der Waals surface area contributed by atoms with Gasteiger partial charge in [0.2, 0.25) is 0 Å². The monoisotopic (exact) mass is 332 g/mol. The Morgan fingerprint density at radius 1 is 0.917 bits per heavy atom. The summed E-state index contributed by atoms with van der Waals surface area (Å²) in [6, 6.07) is 22.6. The lowest BCUT2D eigenvalue weighted by atomic mass is 10.1. The summed E-state index contributed by atoms with van der Waals surface area (Å²) >= 11 is 1.44.